The highest BCUT2D eigenvalue weighted by Gasteiger charge is 2.19. The normalized spacial score (nSPS) is 10.7. The lowest BCUT2D eigenvalue weighted by Gasteiger charge is -2.17. The molecule has 0 bridgehead atoms. The Morgan fingerprint density at radius 1 is 0.941 bits per heavy atom. The van der Waals surface area contributed by atoms with Gasteiger partial charge in [-0.1, -0.05) is 36.0 Å². The molecule has 0 spiro atoms. The predicted octanol–water partition coefficient (Wildman–Crippen LogP) is 4.14. The van der Waals surface area contributed by atoms with Gasteiger partial charge in [0.15, 0.2) is 5.16 Å². The molecule has 4 rings (SSSR count). The van der Waals surface area contributed by atoms with Gasteiger partial charge in [0.1, 0.15) is 17.2 Å². The van der Waals surface area contributed by atoms with E-state index in [0.717, 1.165) is 11.8 Å². The molecule has 0 unspecified atom stereocenters. The van der Waals surface area contributed by atoms with Crippen LogP contribution >= 0.6 is 11.8 Å². The van der Waals surface area contributed by atoms with Crippen LogP contribution in [0.25, 0.3) is 16.6 Å². The van der Waals surface area contributed by atoms with Crippen molar-refractivity contribution in [1.82, 2.24) is 9.55 Å². The summed E-state index contributed by atoms with van der Waals surface area (Å²) < 4.78 is 17.6. The second kappa shape index (κ2) is 10.3. The van der Waals surface area contributed by atoms with Crippen molar-refractivity contribution in [2.75, 3.05) is 32.4 Å². The van der Waals surface area contributed by atoms with Crippen LogP contribution in [0, 0.1) is 0 Å². The summed E-state index contributed by atoms with van der Waals surface area (Å²) in [4.78, 5) is 30.9. The zero-order valence-corrected chi connectivity index (χ0v) is 19.7. The molecule has 0 fully saturated rings. The number of ether oxygens (including phenoxy) is 3. The van der Waals surface area contributed by atoms with E-state index in [-0.39, 0.29) is 17.2 Å². The second-order valence-corrected chi connectivity index (χ2v) is 8.07. The maximum Gasteiger partial charge on any atom is 0.266 e. The van der Waals surface area contributed by atoms with Crippen molar-refractivity contribution in [1.29, 1.82) is 0 Å². The third-order valence-electron chi connectivity index (χ3n) is 5.09. The Kier molecular flexibility index (Phi) is 7.03. The molecule has 1 amide bonds. The summed E-state index contributed by atoms with van der Waals surface area (Å²) >= 11 is 1.15. The number of benzene rings is 3. The number of amides is 1. The van der Waals surface area contributed by atoms with Crippen molar-refractivity contribution in [3.63, 3.8) is 0 Å². The summed E-state index contributed by atoms with van der Waals surface area (Å²) in [6, 6.07) is 19.4. The lowest BCUT2D eigenvalue weighted by molar-refractivity contribution is -0.113. The van der Waals surface area contributed by atoms with E-state index in [4.69, 9.17) is 14.2 Å². The first-order valence-corrected chi connectivity index (χ1v) is 11.3. The molecule has 34 heavy (non-hydrogen) atoms. The van der Waals surface area contributed by atoms with Crippen LogP contribution in [0.15, 0.2) is 76.7 Å². The van der Waals surface area contributed by atoms with Crippen molar-refractivity contribution in [3.05, 3.63) is 77.1 Å². The average molecular weight is 478 g/mol. The summed E-state index contributed by atoms with van der Waals surface area (Å²) in [7, 11) is 4.61. The molecule has 0 aliphatic rings. The van der Waals surface area contributed by atoms with Gasteiger partial charge in [-0.25, -0.2) is 4.98 Å². The third kappa shape index (κ3) is 4.69. The van der Waals surface area contributed by atoms with Crippen LogP contribution in [0.5, 0.6) is 17.2 Å². The number of aromatic nitrogens is 2. The number of rotatable bonds is 8. The van der Waals surface area contributed by atoms with E-state index in [2.05, 4.69) is 10.3 Å². The number of methoxy groups -OCH3 is 3. The Morgan fingerprint density at radius 2 is 1.68 bits per heavy atom. The molecule has 1 N–H and O–H groups in total. The molecule has 0 aliphatic heterocycles. The third-order valence-corrected chi connectivity index (χ3v) is 6.02. The Bertz CT molecular complexity index is 1400. The maximum absolute atomic E-state index is 13.5. The number of nitrogens with one attached hydrogen (secondary N) is 1. The summed E-state index contributed by atoms with van der Waals surface area (Å²) in [6.07, 6.45) is 0. The summed E-state index contributed by atoms with van der Waals surface area (Å²) in [5, 5.41) is 3.65. The van der Waals surface area contributed by atoms with Gasteiger partial charge in [0, 0.05) is 6.07 Å². The van der Waals surface area contributed by atoms with Gasteiger partial charge in [-0.15, -0.1) is 0 Å². The number of hydrogen-bond acceptors (Lipinski definition) is 7. The average Bonchev–Trinajstić information content (AvgIpc) is 2.87. The van der Waals surface area contributed by atoms with Crippen LogP contribution in [-0.2, 0) is 4.79 Å². The maximum atomic E-state index is 13.5. The van der Waals surface area contributed by atoms with E-state index in [9.17, 15) is 9.59 Å². The lowest BCUT2D eigenvalue weighted by Crippen LogP contribution is -2.23. The minimum Gasteiger partial charge on any atom is -0.497 e. The topological polar surface area (TPSA) is 91.7 Å². The fourth-order valence-corrected chi connectivity index (χ4v) is 4.26. The molecule has 4 aromatic rings. The van der Waals surface area contributed by atoms with Gasteiger partial charge >= 0.3 is 0 Å². The lowest BCUT2D eigenvalue weighted by atomic mass is 10.2. The Hall–Kier alpha value is -3.98. The van der Waals surface area contributed by atoms with Gasteiger partial charge < -0.3 is 19.5 Å². The van der Waals surface area contributed by atoms with Crippen molar-refractivity contribution in [2.45, 2.75) is 5.16 Å². The van der Waals surface area contributed by atoms with E-state index in [1.54, 1.807) is 62.8 Å². The van der Waals surface area contributed by atoms with E-state index >= 15 is 0 Å². The first-order chi connectivity index (χ1) is 16.5. The zero-order valence-electron chi connectivity index (χ0n) is 18.9. The van der Waals surface area contributed by atoms with Crippen molar-refractivity contribution in [3.8, 4) is 22.9 Å². The standard InChI is InChI=1S/C25H23N3O5S/c1-31-16-12-13-22(33-3)20(14-16)28-24(30)17-8-4-5-9-18(17)27-25(28)34-15-23(29)26-19-10-6-7-11-21(19)32-2/h4-14H,15H2,1-3H3,(H,26,29). The molecule has 9 heteroatoms. The van der Waals surface area contributed by atoms with Gasteiger partial charge in [-0.05, 0) is 36.4 Å². The highest BCUT2D eigenvalue weighted by atomic mass is 32.2. The smallest absolute Gasteiger partial charge is 0.266 e. The minimum atomic E-state index is -0.273. The first-order valence-electron chi connectivity index (χ1n) is 10.4. The minimum absolute atomic E-state index is 0.0229. The number of carbonyl (C=O) groups excluding carboxylic acids is 1. The fourth-order valence-electron chi connectivity index (χ4n) is 3.46. The van der Waals surface area contributed by atoms with Crippen LogP contribution in [0.1, 0.15) is 0 Å². The Balaban J connectivity index is 1.74. The molecule has 3 aromatic carbocycles. The molecule has 0 aliphatic carbocycles. The highest BCUT2D eigenvalue weighted by Crippen LogP contribution is 2.31. The quantitative estimate of drug-likeness (QED) is 0.301. The van der Waals surface area contributed by atoms with Crippen molar-refractivity contribution >= 4 is 34.3 Å². The fraction of sp³-hybridized carbons (Fsp3) is 0.160. The molecule has 0 saturated heterocycles. The van der Waals surface area contributed by atoms with Crippen LogP contribution in [0.2, 0.25) is 0 Å². The summed E-state index contributed by atoms with van der Waals surface area (Å²) in [6.45, 7) is 0. The molecule has 174 valence electrons. The molecular weight excluding hydrogens is 454 g/mol. The number of para-hydroxylation sites is 3. The number of thioether (sulfide) groups is 1. The number of carbonyl (C=O) groups is 1. The molecule has 8 nitrogen and oxygen atoms in total. The van der Waals surface area contributed by atoms with E-state index in [1.807, 2.05) is 18.2 Å². The molecule has 0 saturated carbocycles. The molecule has 0 atom stereocenters. The van der Waals surface area contributed by atoms with E-state index in [1.165, 1.54) is 11.7 Å². The number of nitrogens with zero attached hydrogens (tertiary/aromatic N) is 2. The SMILES string of the molecule is COc1ccc(OC)c(-n2c(SCC(=O)Nc3ccccc3OC)nc3ccccc3c2=O)c1. The monoisotopic (exact) mass is 477 g/mol. The number of hydrogen-bond donors (Lipinski definition) is 1. The van der Waals surface area contributed by atoms with E-state index < -0.39 is 0 Å². The highest BCUT2D eigenvalue weighted by molar-refractivity contribution is 7.99. The molecule has 0 radical (unpaired) electrons. The molecular formula is C25H23N3O5S. The van der Waals surface area contributed by atoms with Gasteiger partial charge in [0.05, 0.1) is 49.4 Å². The summed E-state index contributed by atoms with van der Waals surface area (Å²) in [5.74, 6) is 1.35. The van der Waals surface area contributed by atoms with Gasteiger partial charge in [-0.3, -0.25) is 14.2 Å². The van der Waals surface area contributed by atoms with Crippen LogP contribution in [0.3, 0.4) is 0 Å². The predicted molar refractivity (Wildman–Crippen MR) is 133 cm³/mol. The van der Waals surface area contributed by atoms with Crippen LogP contribution in [-0.4, -0.2) is 42.5 Å². The second-order valence-electron chi connectivity index (χ2n) is 7.13. The van der Waals surface area contributed by atoms with Crippen LogP contribution < -0.4 is 25.1 Å². The van der Waals surface area contributed by atoms with Gasteiger partial charge in [0.25, 0.3) is 5.56 Å². The number of anilines is 1. The van der Waals surface area contributed by atoms with Crippen molar-refractivity contribution < 1.29 is 19.0 Å². The zero-order chi connectivity index (χ0) is 24.1. The number of fused-ring (bicyclic) bond motifs is 1. The molecule has 1 aromatic heterocycles. The Labute approximate surface area is 200 Å². The van der Waals surface area contributed by atoms with Gasteiger partial charge in [0.2, 0.25) is 5.91 Å². The first kappa shape index (κ1) is 23.2. The van der Waals surface area contributed by atoms with Crippen LogP contribution in [0.4, 0.5) is 5.69 Å². The largest absolute Gasteiger partial charge is 0.497 e. The Morgan fingerprint density at radius 3 is 2.44 bits per heavy atom. The van der Waals surface area contributed by atoms with E-state index in [0.29, 0.717) is 44.7 Å². The van der Waals surface area contributed by atoms with Crippen molar-refractivity contribution in [2.24, 2.45) is 0 Å². The summed E-state index contributed by atoms with van der Waals surface area (Å²) in [5.41, 5.74) is 1.30. The van der Waals surface area contributed by atoms with Gasteiger partial charge in [-0.2, -0.15) is 0 Å². The molecule has 1 heterocycles.